The molecular weight excluding hydrogens is 824 g/mol. The van der Waals surface area contributed by atoms with E-state index in [1.807, 2.05) is 72.8 Å². The summed E-state index contributed by atoms with van der Waals surface area (Å²) in [6, 6.07) is 23.1. The quantitative estimate of drug-likeness (QED) is 0.0456. The molecule has 2 aliphatic rings. The largest absolute Gasteiger partial charge is 2.00 e. The van der Waals surface area contributed by atoms with Crippen molar-refractivity contribution in [1.29, 1.82) is 0 Å². The first-order chi connectivity index (χ1) is 29.7. The number of hydrogen-bond donors (Lipinski definition) is 0. The summed E-state index contributed by atoms with van der Waals surface area (Å²) in [7, 11) is 0. The second kappa shape index (κ2) is 30.8. The molecule has 2 fully saturated rings. The summed E-state index contributed by atoms with van der Waals surface area (Å²) >= 11 is 0. The number of carbonyl (C=O) groups is 2. The molecule has 4 aromatic heterocycles. The maximum absolute atomic E-state index is 11.6. The fourth-order valence-corrected chi connectivity index (χ4v) is 5.24. The van der Waals surface area contributed by atoms with E-state index in [9.17, 15) is 9.59 Å². The Bertz CT molecular complexity index is 1640. The molecule has 61 heavy (non-hydrogen) atoms. The van der Waals surface area contributed by atoms with Crippen LogP contribution < -0.4 is 0 Å². The van der Waals surface area contributed by atoms with Crippen LogP contribution in [-0.2, 0) is 77.8 Å². The minimum absolute atomic E-state index is 0. The fourth-order valence-electron chi connectivity index (χ4n) is 5.24. The van der Waals surface area contributed by atoms with Gasteiger partial charge in [0, 0.05) is 12.4 Å². The molecule has 15 heteroatoms. The van der Waals surface area contributed by atoms with Crippen molar-refractivity contribution < 1.29 is 64.6 Å². The van der Waals surface area contributed by atoms with E-state index in [1.54, 1.807) is 63.8 Å². The van der Waals surface area contributed by atoms with Crippen LogP contribution in [0.3, 0.4) is 0 Å². The van der Waals surface area contributed by atoms with Crippen molar-refractivity contribution in [3.8, 4) is 22.8 Å². The number of hydrogen-bond acceptors (Lipinski definition) is 14. The Labute approximate surface area is 370 Å². The molecule has 320 valence electrons. The molecule has 4 aromatic rings. The van der Waals surface area contributed by atoms with Crippen molar-refractivity contribution in [3.63, 3.8) is 0 Å². The van der Waals surface area contributed by atoms with Crippen LogP contribution in [0.15, 0.2) is 85.2 Å². The van der Waals surface area contributed by atoms with Gasteiger partial charge in [0.05, 0.1) is 125 Å². The summed E-state index contributed by atoms with van der Waals surface area (Å²) in [5.74, 6) is 0.433. The van der Waals surface area contributed by atoms with Gasteiger partial charge in [-0.1, -0.05) is 24.3 Å². The van der Waals surface area contributed by atoms with Gasteiger partial charge in [-0.2, -0.15) is 0 Å². The first-order valence-electron chi connectivity index (χ1n) is 19.6. The van der Waals surface area contributed by atoms with Crippen LogP contribution in [0.5, 0.6) is 0 Å². The average Bonchev–Trinajstić information content (AvgIpc) is 4.05. The molecule has 10 radical (unpaired) electrons. The predicted octanol–water partition coefficient (Wildman–Crippen LogP) is 5.28. The molecular formula is C46H50FeN4O10+2. The summed E-state index contributed by atoms with van der Waals surface area (Å²) in [6.45, 7) is 5.57. The van der Waals surface area contributed by atoms with Gasteiger partial charge >= 0.3 is 29.0 Å². The second-order valence-corrected chi connectivity index (χ2v) is 12.6. The smallest absolute Gasteiger partial charge is 0.463 e. The number of nitrogens with zero attached hydrogens (tertiary/aromatic N) is 4. The maximum Gasteiger partial charge on any atom is 2.00 e. The molecule has 0 N–H and O–H groups in total. The third kappa shape index (κ3) is 20.0. The molecule has 0 bridgehead atoms. The third-order valence-corrected chi connectivity index (χ3v) is 8.17. The van der Waals surface area contributed by atoms with E-state index >= 15 is 0 Å². The molecule has 0 unspecified atom stereocenters. The number of aromatic nitrogens is 4. The van der Waals surface area contributed by atoms with Crippen LogP contribution in [-0.4, -0.2) is 111 Å². The first kappa shape index (κ1) is 49.5. The van der Waals surface area contributed by atoms with E-state index in [2.05, 4.69) is 19.9 Å². The van der Waals surface area contributed by atoms with Crippen LogP contribution in [0.4, 0.5) is 0 Å². The van der Waals surface area contributed by atoms with E-state index in [0.29, 0.717) is 91.1 Å². The summed E-state index contributed by atoms with van der Waals surface area (Å²) in [5, 5.41) is 0. The van der Waals surface area contributed by atoms with Gasteiger partial charge in [-0.25, -0.2) is 9.97 Å². The molecule has 4 heterocycles. The Morgan fingerprint density at radius 1 is 0.393 bits per heavy atom. The molecule has 2 saturated carbocycles. The molecule has 6 rings (SSSR count). The van der Waals surface area contributed by atoms with Crippen molar-refractivity contribution in [2.45, 2.75) is 13.2 Å². The van der Waals surface area contributed by atoms with E-state index in [-0.39, 0.29) is 42.2 Å². The van der Waals surface area contributed by atoms with Gasteiger partial charge < -0.3 is 37.9 Å². The molecule has 0 spiro atoms. The van der Waals surface area contributed by atoms with E-state index in [1.165, 1.54) is 0 Å². The van der Waals surface area contributed by atoms with Crippen molar-refractivity contribution >= 4 is 11.9 Å². The van der Waals surface area contributed by atoms with E-state index < -0.39 is 0 Å². The minimum Gasteiger partial charge on any atom is -0.463 e. The van der Waals surface area contributed by atoms with Gasteiger partial charge in [0.1, 0.15) is 13.2 Å². The van der Waals surface area contributed by atoms with Gasteiger partial charge in [0.25, 0.3) is 0 Å². The van der Waals surface area contributed by atoms with Gasteiger partial charge in [-0.15, -0.1) is 0 Å². The minimum atomic E-state index is -0.336. The Kier molecular flexibility index (Phi) is 25.0. The van der Waals surface area contributed by atoms with Crippen LogP contribution in [0.25, 0.3) is 22.8 Å². The molecule has 0 saturated heterocycles. The zero-order chi connectivity index (χ0) is 41.7. The summed E-state index contributed by atoms with van der Waals surface area (Å²) in [4.78, 5) is 41.0. The second-order valence-electron chi connectivity index (χ2n) is 12.6. The van der Waals surface area contributed by atoms with E-state index in [4.69, 9.17) is 37.9 Å². The van der Waals surface area contributed by atoms with Gasteiger partial charge in [0.15, 0.2) is 0 Å². The first-order valence-corrected chi connectivity index (χ1v) is 19.6. The monoisotopic (exact) mass is 874 g/mol. The number of esters is 2. The predicted molar refractivity (Wildman–Crippen MR) is 220 cm³/mol. The standard InChI is InChI=1S/2C23H25N2O5.Fe/c2*26-23(19-6-1-2-7-19)30-17-16-28-13-12-27-14-15-29-18-20-8-5-10-22(25-20)21-9-3-4-11-24-21;/h2*1-11H,12-18H2;/q;;+2. The maximum atomic E-state index is 11.6. The topological polar surface area (TPSA) is 160 Å². The molecule has 2 aliphatic carbocycles. The Balaban J connectivity index is 0.000000264. The zero-order valence-corrected chi connectivity index (χ0v) is 34.9. The van der Waals surface area contributed by atoms with Crippen LogP contribution in [0.1, 0.15) is 11.4 Å². The normalized spacial score (nSPS) is 13.9. The zero-order valence-electron chi connectivity index (χ0n) is 33.8. The van der Waals surface area contributed by atoms with Crippen LogP contribution in [0, 0.1) is 63.2 Å². The Morgan fingerprint density at radius 2 is 0.738 bits per heavy atom. The van der Waals surface area contributed by atoms with Gasteiger partial charge in [-0.3, -0.25) is 19.6 Å². The number of ether oxygens (including phenoxy) is 8. The summed E-state index contributed by atoms with van der Waals surface area (Å²) in [5.41, 5.74) is 5.01. The SMILES string of the molecule is O=C(OCCOCCOCCOCc1cccc(-c2ccccn2)n1)[C]1[CH][CH][CH][CH]1.O=C(OCCOCCOCCOCc1cccc(-c2ccccn2)n1)[C]1[CH][CH][CH][CH]1.[Fe+2]. The molecule has 0 aromatic carbocycles. The number of pyridine rings is 4. The van der Waals surface area contributed by atoms with Crippen molar-refractivity contribution in [3.05, 3.63) is 160 Å². The fraction of sp³-hybridized carbons (Fsp3) is 0.304. The van der Waals surface area contributed by atoms with E-state index in [0.717, 1.165) is 34.2 Å². The summed E-state index contributed by atoms with van der Waals surface area (Å²) in [6.07, 6.45) is 17.5. The Morgan fingerprint density at radius 3 is 1.10 bits per heavy atom. The summed E-state index contributed by atoms with van der Waals surface area (Å²) < 4.78 is 43.1. The molecule has 14 nitrogen and oxygen atoms in total. The van der Waals surface area contributed by atoms with Crippen LogP contribution >= 0.6 is 0 Å². The number of carbonyl (C=O) groups excluding carboxylic acids is 2. The van der Waals surface area contributed by atoms with Crippen molar-refractivity contribution in [2.24, 2.45) is 0 Å². The molecule has 0 aliphatic heterocycles. The van der Waals surface area contributed by atoms with Crippen molar-refractivity contribution in [2.75, 3.05) is 79.3 Å². The Hall–Kier alpha value is -4.18. The molecule has 0 amide bonds. The third-order valence-electron chi connectivity index (χ3n) is 8.17. The average molecular weight is 875 g/mol. The van der Waals surface area contributed by atoms with Gasteiger partial charge in [-0.05, 0) is 99.9 Å². The van der Waals surface area contributed by atoms with Crippen molar-refractivity contribution in [1.82, 2.24) is 19.9 Å². The number of rotatable bonds is 26. The van der Waals surface area contributed by atoms with Crippen LogP contribution in [0.2, 0.25) is 0 Å². The van der Waals surface area contributed by atoms with Gasteiger partial charge in [0.2, 0.25) is 0 Å². The molecule has 0 atom stereocenters.